The van der Waals surface area contributed by atoms with E-state index in [9.17, 15) is 9.59 Å². The summed E-state index contributed by atoms with van der Waals surface area (Å²) in [5.41, 5.74) is 1.45. The van der Waals surface area contributed by atoms with Crippen LogP contribution < -0.4 is 10.2 Å². The minimum Gasteiger partial charge on any atom is -0.444 e. The Balaban J connectivity index is 1.25. The SMILES string of the molecule is Cc1cn([C@H]2O[C@@H](CNCCCN(CCc3ccccc3)C(=O)OC(C)(C)C)[C@@H]3OC(C)(C)O[C@@H]32)c2ncnc(N(C)C(=O)OC(C)(C)C)c12. The summed E-state index contributed by atoms with van der Waals surface area (Å²) in [6, 6.07) is 10.1. The van der Waals surface area contributed by atoms with Crippen molar-refractivity contribution < 1.29 is 33.3 Å². The van der Waals surface area contributed by atoms with E-state index in [2.05, 4.69) is 27.4 Å². The van der Waals surface area contributed by atoms with Crippen LogP contribution in [0.2, 0.25) is 0 Å². The smallest absolute Gasteiger partial charge is 0.415 e. The summed E-state index contributed by atoms with van der Waals surface area (Å²) in [5, 5.41) is 4.25. The molecule has 1 N–H and O–H groups in total. The van der Waals surface area contributed by atoms with Crippen LogP contribution >= 0.6 is 0 Å². The Morgan fingerprint density at radius 2 is 1.62 bits per heavy atom. The summed E-state index contributed by atoms with van der Waals surface area (Å²) in [4.78, 5) is 38.2. The Morgan fingerprint density at radius 1 is 0.960 bits per heavy atom. The molecule has 4 heterocycles. The van der Waals surface area contributed by atoms with E-state index >= 15 is 0 Å². The van der Waals surface area contributed by atoms with Crippen LogP contribution in [0.15, 0.2) is 42.9 Å². The molecule has 3 aromatic rings. The largest absolute Gasteiger partial charge is 0.444 e. The van der Waals surface area contributed by atoms with Crippen LogP contribution in [-0.2, 0) is 30.1 Å². The number of benzene rings is 1. The number of ether oxygens (including phenoxy) is 5. The fraction of sp³-hybridized carbons (Fsp3) is 0.622. The summed E-state index contributed by atoms with van der Waals surface area (Å²) in [6.45, 7) is 19.2. The van der Waals surface area contributed by atoms with Gasteiger partial charge in [-0.2, -0.15) is 0 Å². The van der Waals surface area contributed by atoms with Gasteiger partial charge in [0, 0.05) is 32.9 Å². The third-order valence-corrected chi connectivity index (χ3v) is 8.46. The normalized spacial score (nSPS) is 21.6. The van der Waals surface area contributed by atoms with Gasteiger partial charge in [-0.1, -0.05) is 30.3 Å². The zero-order valence-corrected chi connectivity index (χ0v) is 31.2. The second-order valence-corrected chi connectivity index (χ2v) is 15.5. The average molecular weight is 695 g/mol. The quantitative estimate of drug-likeness (QED) is 0.239. The van der Waals surface area contributed by atoms with E-state index in [0.717, 1.165) is 23.8 Å². The van der Waals surface area contributed by atoms with Gasteiger partial charge in [-0.15, -0.1) is 0 Å². The maximum atomic E-state index is 13.0. The highest BCUT2D eigenvalue weighted by molar-refractivity contribution is 5.99. The standard InChI is InChI=1S/C37H54N6O7/c1-24-22-43(31-27(24)30(39-23-40-31)41(10)33(44)49-35(2,3)4)32-29-28(47-37(8,9)48-29)26(46-32)21-38-18-14-19-42(34(45)50-36(5,6)7)20-17-25-15-12-11-13-16-25/h11-13,15-16,22-23,26,28-29,32,38H,14,17-21H2,1-10H3/t26-,28-,29-,32-/m0/s1. The second-order valence-electron chi connectivity index (χ2n) is 15.5. The third-order valence-electron chi connectivity index (χ3n) is 8.46. The van der Waals surface area contributed by atoms with Gasteiger partial charge in [-0.25, -0.2) is 19.6 Å². The third kappa shape index (κ3) is 9.11. The zero-order valence-electron chi connectivity index (χ0n) is 31.2. The predicted octanol–water partition coefficient (Wildman–Crippen LogP) is 5.99. The number of hydrogen-bond acceptors (Lipinski definition) is 10. The molecule has 0 saturated carbocycles. The lowest BCUT2D eigenvalue weighted by atomic mass is 10.1. The van der Waals surface area contributed by atoms with E-state index in [1.807, 2.05) is 91.3 Å². The monoisotopic (exact) mass is 694 g/mol. The number of fused-ring (bicyclic) bond motifs is 2. The predicted molar refractivity (Wildman–Crippen MR) is 190 cm³/mol. The molecule has 4 atom stereocenters. The highest BCUT2D eigenvalue weighted by Gasteiger charge is 2.56. The van der Waals surface area contributed by atoms with Crippen LogP contribution in [-0.4, -0.2) is 100 Å². The molecule has 0 bridgehead atoms. The number of rotatable bonds is 11. The molecule has 274 valence electrons. The Labute approximate surface area is 295 Å². The van der Waals surface area contributed by atoms with E-state index in [-0.39, 0.29) is 18.3 Å². The van der Waals surface area contributed by atoms with E-state index in [1.165, 1.54) is 16.8 Å². The molecule has 5 rings (SSSR count). The first-order valence-corrected chi connectivity index (χ1v) is 17.4. The lowest BCUT2D eigenvalue weighted by molar-refractivity contribution is -0.195. The highest BCUT2D eigenvalue weighted by atomic mass is 16.8. The number of nitrogens with zero attached hydrogens (tertiary/aromatic N) is 5. The zero-order chi connectivity index (χ0) is 36.4. The van der Waals surface area contributed by atoms with Crippen LogP contribution in [0.3, 0.4) is 0 Å². The first-order chi connectivity index (χ1) is 23.4. The van der Waals surface area contributed by atoms with Crippen molar-refractivity contribution in [1.82, 2.24) is 24.8 Å². The number of aromatic nitrogens is 3. The summed E-state index contributed by atoms with van der Waals surface area (Å²) in [7, 11) is 1.64. The van der Waals surface area contributed by atoms with Crippen LogP contribution in [0.1, 0.15) is 79.2 Å². The van der Waals surface area contributed by atoms with Gasteiger partial charge in [0.1, 0.15) is 41.5 Å². The fourth-order valence-electron chi connectivity index (χ4n) is 6.33. The first-order valence-electron chi connectivity index (χ1n) is 17.4. The van der Waals surface area contributed by atoms with Gasteiger partial charge in [-0.3, -0.25) is 4.90 Å². The van der Waals surface area contributed by atoms with Gasteiger partial charge < -0.3 is 38.5 Å². The van der Waals surface area contributed by atoms with Crippen molar-refractivity contribution in [3.05, 3.63) is 54.0 Å². The van der Waals surface area contributed by atoms with Gasteiger partial charge in [0.25, 0.3) is 0 Å². The number of anilines is 1. The minimum atomic E-state index is -0.794. The van der Waals surface area contributed by atoms with Crippen molar-refractivity contribution >= 4 is 29.0 Å². The van der Waals surface area contributed by atoms with Crippen molar-refractivity contribution in [2.45, 2.75) is 117 Å². The molecule has 0 radical (unpaired) electrons. The van der Waals surface area contributed by atoms with Crippen molar-refractivity contribution in [2.75, 3.05) is 38.1 Å². The maximum absolute atomic E-state index is 13.0. The maximum Gasteiger partial charge on any atom is 0.415 e. The number of carbonyl (C=O) groups is 2. The Bertz CT molecular complexity index is 1630. The summed E-state index contributed by atoms with van der Waals surface area (Å²) in [5.74, 6) is -0.349. The number of hydrogen-bond donors (Lipinski definition) is 1. The average Bonchev–Trinajstić information content (AvgIpc) is 3.64. The van der Waals surface area contributed by atoms with Gasteiger partial charge in [0.05, 0.1) is 5.39 Å². The molecule has 2 fully saturated rings. The van der Waals surface area contributed by atoms with Gasteiger partial charge in [-0.05, 0) is 92.8 Å². The molecule has 0 aliphatic carbocycles. The highest BCUT2D eigenvalue weighted by Crippen LogP contribution is 2.44. The number of nitrogens with one attached hydrogen (secondary N) is 1. The molecule has 0 unspecified atom stereocenters. The Kier molecular flexibility index (Phi) is 11.1. The van der Waals surface area contributed by atoms with Crippen molar-refractivity contribution in [1.29, 1.82) is 0 Å². The molecule has 1 aromatic carbocycles. The number of amides is 2. The topological polar surface area (TPSA) is 130 Å². The van der Waals surface area contributed by atoms with Crippen molar-refractivity contribution in [3.8, 4) is 0 Å². The Morgan fingerprint density at radius 3 is 2.30 bits per heavy atom. The van der Waals surface area contributed by atoms with Gasteiger partial charge >= 0.3 is 12.2 Å². The van der Waals surface area contributed by atoms with Crippen LogP contribution in [0.4, 0.5) is 15.4 Å². The van der Waals surface area contributed by atoms with Crippen LogP contribution in [0, 0.1) is 6.92 Å². The molecule has 2 saturated heterocycles. The van der Waals surface area contributed by atoms with Gasteiger partial charge in [0.2, 0.25) is 0 Å². The van der Waals surface area contributed by atoms with Gasteiger partial charge in [0.15, 0.2) is 17.8 Å². The van der Waals surface area contributed by atoms with E-state index in [1.54, 1.807) is 11.9 Å². The second kappa shape index (κ2) is 14.8. The molecule has 50 heavy (non-hydrogen) atoms. The lowest BCUT2D eigenvalue weighted by Crippen LogP contribution is -2.40. The molecule has 2 aliphatic heterocycles. The molecule has 2 amide bonds. The number of carbonyl (C=O) groups excluding carboxylic acids is 2. The number of aryl methyl sites for hydroxylation is 1. The van der Waals surface area contributed by atoms with Crippen LogP contribution in [0.25, 0.3) is 11.0 Å². The summed E-state index contributed by atoms with van der Waals surface area (Å²) in [6.07, 6.45) is 2.50. The summed E-state index contributed by atoms with van der Waals surface area (Å²) >= 11 is 0. The molecule has 13 heteroatoms. The van der Waals surface area contributed by atoms with E-state index in [0.29, 0.717) is 37.6 Å². The van der Waals surface area contributed by atoms with E-state index < -0.39 is 35.4 Å². The molecular weight excluding hydrogens is 640 g/mol. The van der Waals surface area contributed by atoms with Crippen LogP contribution in [0.5, 0.6) is 0 Å². The molecular formula is C37H54N6O7. The minimum absolute atomic E-state index is 0.310. The fourth-order valence-corrected chi connectivity index (χ4v) is 6.33. The lowest BCUT2D eigenvalue weighted by Gasteiger charge is -2.28. The molecule has 13 nitrogen and oxygen atoms in total. The van der Waals surface area contributed by atoms with Crippen molar-refractivity contribution in [3.63, 3.8) is 0 Å². The molecule has 2 aliphatic rings. The van der Waals surface area contributed by atoms with E-state index in [4.69, 9.17) is 23.7 Å². The van der Waals surface area contributed by atoms with Crippen molar-refractivity contribution in [2.24, 2.45) is 0 Å². The summed E-state index contributed by atoms with van der Waals surface area (Å²) < 4.78 is 32.7. The Hall–Kier alpha value is -3.78. The molecule has 0 spiro atoms. The first kappa shape index (κ1) is 37.5. The molecule has 2 aromatic heterocycles.